The van der Waals surface area contributed by atoms with Crippen molar-refractivity contribution in [2.75, 3.05) is 0 Å². The van der Waals surface area contributed by atoms with E-state index in [1.165, 1.54) is 11.3 Å². The third kappa shape index (κ3) is 3.25. The molecule has 0 unspecified atom stereocenters. The minimum Gasteiger partial charge on any atom is -0.270 e. The Kier molecular flexibility index (Phi) is 5.10. The summed E-state index contributed by atoms with van der Waals surface area (Å²) in [6.07, 6.45) is 1.25. The first-order valence-electron chi connectivity index (χ1n) is 7.59. The molecular formula is C19H21NO2. The van der Waals surface area contributed by atoms with Gasteiger partial charge in [0.2, 0.25) is 0 Å². The van der Waals surface area contributed by atoms with E-state index in [4.69, 9.17) is 0 Å². The lowest BCUT2D eigenvalue weighted by molar-refractivity contribution is 0.0642. The lowest BCUT2D eigenvalue weighted by atomic mass is 10.1. The standard InChI is InChI=1S/C16H13NO2.C3H8/c1-11-5-4-6-12(9-11)10-17-15(18)13-7-2-3-8-14(13)16(17)19;1-3-2/h2-9H,10H2,1H3;3H2,1-2H3. The number of carbonyl (C=O) groups excluding carboxylic acids is 2. The maximum Gasteiger partial charge on any atom is 0.261 e. The second-order valence-electron chi connectivity index (χ2n) is 5.44. The molecule has 0 fully saturated rings. The number of rotatable bonds is 2. The molecule has 1 aliphatic heterocycles. The van der Waals surface area contributed by atoms with Crippen LogP contribution in [0.15, 0.2) is 48.5 Å². The van der Waals surface area contributed by atoms with E-state index in [0.29, 0.717) is 17.7 Å². The highest BCUT2D eigenvalue weighted by Gasteiger charge is 2.34. The molecule has 0 saturated carbocycles. The molecule has 114 valence electrons. The van der Waals surface area contributed by atoms with E-state index in [1.807, 2.05) is 31.2 Å². The molecule has 2 amide bonds. The van der Waals surface area contributed by atoms with Gasteiger partial charge in [0, 0.05) is 0 Å². The number of aryl methyl sites for hydroxylation is 1. The molecule has 0 N–H and O–H groups in total. The van der Waals surface area contributed by atoms with Crippen molar-refractivity contribution in [3.8, 4) is 0 Å². The second kappa shape index (κ2) is 7.03. The van der Waals surface area contributed by atoms with E-state index in [1.54, 1.807) is 24.3 Å². The minimum atomic E-state index is -0.206. The van der Waals surface area contributed by atoms with E-state index in [0.717, 1.165) is 11.1 Å². The fourth-order valence-electron chi connectivity index (χ4n) is 2.38. The number of imide groups is 1. The van der Waals surface area contributed by atoms with Crippen molar-refractivity contribution in [2.45, 2.75) is 33.7 Å². The molecule has 0 atom stereocenters. The predicted molar refractivity (Wildman–Crippen MR) is 87.8 cm³/mol. The van der Waals surface area contributed by atoms with Crippen LogP contribution in [0.25, 0.3) is 0 Å². The molecule has 3 heteroatoms. The van der Waals surface area contributed by atoms with Crippen molar-refractivity contribution in [1.82, 2.24) is 4.90 Å². The summed E-state index contributed by atoms with van der Waals surface area (Å²) in [5.41, 5.74) is 3.09. The van der Waals surface area contributed by atoms with E-state index in [-0.39, 0.29) is 11.8 Å². The largest absolute Gasteiger partial charge is 0.270 e. The number of nitrogens with zero attached hydrogens (tertiary/aromatic N) is 1. The Morgan fingerprint density at radius 1 is 0.864 bits per heavy atom. The van der Waals surface area contributed by atoms with Gasteiger partial charge in [-0.1, -0.05) is 62.2 Å². The molecule has 3 nitrogen and oxygen atoms in total. The van der Waals surface area contributed by atoms with Crippen molar-refractivity contribution in [3.63, 3.8) is 0 Å². The number of benzene rings is 2. The van der Waals surface area contributed by atoms with Crippen molar-refractivity contribution in [3.05, 3.63) is 70.8 Å². The zero-order valence-corrected chi connectivity index (χ0v) is 13.3. The van der Waals surface area contributed by atoms with Gasteiger partial charge < -0.3 is 0 Å². The molecule has 22 heavy (non-hydrogen) atoms. The summed E-state index contributed by atoms with van der Waals surface area (Å²) in [7, 11) is 0. The number of fused-ring (bicyclic) bond motifs is 1. The summed E-state index contributed by atoms with van der Waals surface area (Å²) in [5.74, 6) is -0.413. The van der Waals surface area contributed by atoms with Gasteiger partial charge in [-0.3, -0.25) is 14.5 Å². The Labute approximate surface area is 131 Å². The van der Waals surface area contributed by atoms with Gasteiger partial charge in [0.15, 0.2) is 0 Å². The first-order valence-corrected chi connectivity index (χ1v) is 7.59. The monoisotopic (exact) mass is 295 g/mol. The van der Waals surface area contributed by atoms with Gasteiger partial charge >= 0.3 is 0 Å². The third-order valence-corrected chi connectivity index (χ3v) is 3.30. The van der Waals surface area contributed by atoms with E-state index in [2.05, 4.69) is 13.8 Å². The minimum absolute atomic E-state index is 0.206. The second-order valence-corrected chi connectivity index (χ2v) is 5.44. The highest BCUT2D eigenvalue weighted by Crippen LogP contribution is 2.24. The molecule has 0 bridgehead atoms. The zero-order chi connectivity index (χ0) is 16.1. The third-order valence-electron chi connectivity index (χ3n) is 3.30. The number of carbonyl (C=O) groups is 2. The normalized spacial score (nSPS) is 12.8. The summed E-state index contributed by atoms with van der Waals surface area (Å²) >= 11 is 0. The fourth-order valence-corrected chi connectivity index (χ4v) is 2.38. The van der Waals surface area contributed by atoms with Crippen LogP contribution < -0.4 is 0 Å². The van der Waals surface area contributed by atoms with Gasteiger partial charge in [0.05, 0.1) is 17.7 Å². The van der Waals surface area contributed by atoms with Crippen molar-refractivity contribution < 1.29 is 9.59 Å². The van der Waals surface area contributed by atoms with Gasteiger partial charge in [0.1, 0.15) is 0 Å². The Morgan fingerprint density at radius 2 is 1.41 bits per heavy atom. The molecule has 2 aromatic rings. The van der Waals surface area contributed by atoms with Crippen LogP contribution in [0.4, 0.5) is 0 Å². The average molecular weight is 295 g/mol. The van der Waals surface area contributed by atoms with Crippen molar-refractivity contribution in [2.24, 2.45) is 0 Å². The summed E-state index contributed by atoms with van der Waals surface area (Å²) in [6.45, 7) is 6.57. The zero-order valence-electron chi connectivity index (χ0n) is 13.3. The fraction of sp³-hybridized carbons (Fsp3) is 0.263. The highest BCUT2D eigenvalue weighted by molar-refractivity contribution is 6.21. The molecule has 2 aromatic carbocycles. The highest BCUT2D eigenvalue weighted by atomic mass is 16.2. The van der Waals surface area contributed by atoms with E-state index < -0.39 is 0 Å². The number of hydrogen-bond donors (Lipinski definition) is 0. The molecule has 0 spiro atoms. The SMILES string of the molecule is CCC.Cc1cccc(CN2C(=O)c3ccccc3C2=O)c1. The van der Waals surface area contributed by atoms with Crippen LogP contribution >= 0.6 is 0 Å². The molecule has 1 heterocycles. The number of amides is 2. The van der Waals surface area contributed by atoms with Crippen molar-refractivity contribution in [1.29, 1.82) is 0 Å². The first-order chi connectivity index (χ1) is 10.6. The summed E-state index contributed by atoms with van der Waals surface area (Å²) in [4.78, 5) is 25.7. The van der Waals surface area contributed by atoms with E-state index >= 15 is 0 Å². The predicted octanol–water partition coefficient (Wildman–Crippen LogP) is 4.21. The number of hydrogen-bond acceptors (Lipinski definition) is 2. The topological polar surface area (TPSA) is 37.4 Å². The van der Waals surface area contributed by atoms with E-state index in [9.17, 15) is 9.59 Å². The van der Waals surface area contributed by atoms with Crippen LogP contribution in [0.3, 0.4) is 0 Å². The summed E-state index contributed by atoms with van der Waals surface area (Å²) in [5, 5.41) is 0. The Morgan fingerprint density at radius 3 is 1.91 bits per heavy atom. The van der Waals surface area contributed by atoms with Crippen LogP contribution in [0.1, 0.15) is 52.1 Å². The maximum atomic E-state index is 12.2. The smallest absolute Gasteiger partial charge is 0.261 e. The van der Waals surface area contributed by atoms with Crippen LogP contribution in [-0.4, -0.2) is 16.7 Å². The Balaban J connectivity index is 0.000000545. The van der Waals surface area contributed by atoms with Crippen LogP contribution in [0.2, 0.25) is 0 Å². The molecular weight excluding hydrogens is 274 g/mol. The van der Waals surface area contributed by atoms with Gasteiger partial charge in [0.25, 0.3) is 11.8 Å². The van der Waals surface area contributed by atoms with Gasteiger partial charge in [-0.15, -0.1) is 0 Å². The van der Waals surface area contributed by atoms with Gasteiger partial charge in [-0.05, 0) is 24.6 Å². The quantitative estimate of drug-likeness (QED) is 0.778. The molecule has 1 aliphatic rings. The Hall–Kier alpha value is -2.42. The summed E-state index contributed by atoms with van der Waals surface area (Å²) < 4.78 is 0. The lowest BCUT2D eigenvalue weighted by Crippen LogP contribution is -2.29. The first kappa shape index (κ1) is 16.0. The molecule has 0 radical (unpaired) electrons. The molecule has 3 rings (SSSR count). The van der Waals surface area contributed by atoms with Crippen LogP contribution in [0.5, 0.6) is 0 Å². The maximum absolute atomic E-state index is 12.2. The lowest BCUT2D eigenvalue weighted by Gasteiger charge is -2.14. The Bertz CT molecular complexity index is 656. The van der Waals surface area contributed by atoms with Crippen molar-refractivity contribution >= 4 is 11.8 Å². The molecule has 0 aromatic heterocycles. The van der Waals surface area contributed by atoms with Gasteiger partial charge in [-0.25, -0.2) is 0 Å². The van der Waals surface area contributed by atoms with Crippen LogP contribution in [-0.2, 0) is 6.54 Å². The summed E-state index contributed by atoms with van der Waals surface area (Å²) in [6, 6.07) is 14.8. The average Bonchev–Trinajstić information content (AvgIpc) is 2.74. The molecule has 0 aliphatic carbocycles. The van der Waals surface area contributed by atoms with Gasteiger partial charge in [-0.2, -0.15) is 0 Å². The van der Waals surface area contributed by atoms with Crippen LogP contribution in [0, 0.1) is 6.92 Å². The molecule has 0 saturated heterocycles.